The van der Waals surface area contributed by atoms with Crippen LogP contribution in [0.1, 0.15) is 25.3 Å². The molecule has 1 atom stereocenters. The molecule has 0 bridgehead atoms. The Balaban J connectivity index is 1.80. The quantitative estimate of drug-likeness (QED) is 0.676. The summed E-state index contributed by atoms with van der Waals surface area (Å²) in [7, 11) is 0. The summed E-state index contributed by atoms with van der Waals surface area (Å²) in [6.45, 7) is 2.73. The van der Waals surface area contributed by atoms with Crippen molar-refractivity contribution in [2.24, 2.45) is 5.92 Å². The number of hydrogen-bond donors (Lipinski definition) is 0. The van der Waals surface area contributed by atoms with E-state index in [1.807, 2.05) is 24.3 Å². The Bertz CT molecular complexity index is 671. The lowest BCUT2D eigenvalue weighted by Crippen LogP contribution is -2.48. The molecule has 2 rings (SSSR count). The standard InChI is InChI=1S/C20H26F3N3O2/c1-2-26(15-20(21,22)23)19(27)17-4-3-11-25(14-17)12-13-28-18-7-5-16(6-8-18)9-10-24/h5-8,17H,2-4,9,11-15H2,1H3/t17-/m0/s1. The maximum absolute atomic E-state index is 12.7. The zero-order valence-corrected chi connectivity index (χ0v) is 16.0. The van der Waals surface area contributed by atoms with Gasteiger partial charge in [-0.05, 0) is 44.0 Å². The smallest absolute Gasteiger partial charge is 0.406 e. The molecule has 1 aliphatic rings. The van der Waals surface area contributed by atoms with Crippen LogP contribution >= 0.6 is 0 Å². The number of nitrogens with zero attached hydrogens (tertiary/aromatic N) is 3. The molecule has 1 aromatic carbocycles. The number of carbonyl (C=O) groups excluding carboxylic acids is 1. The maximum Gasteiger partial charge on any atom is 0.406 e. The molecule has 0 spiro atoms. The molecule has 1 fully saturated rings. The molecule has 1 amide bonds. The van der Waals surface area contributed by atoms with E-state index in [2.05, 4.69) is 11.0 Å². The Morgan fingerprint density at radius 3 is 2.68 bits per heavy atom. The molecular weight excluding hydrogens is 371 g/mol. The summed E-state index contributed by atoms with van der Waals surface area (Å²) >= 11 is 0. The normalized spacial score (nSPS) is 17.8. The summed E-state index contributed by atoms with van der Waals surface area (Å²) in [5, 5.41) is 8.67. The van der Waals surface area contributed by atoms with E-state index in [-0.39, 0.29) is 6.54 Å². The lowest BCUT2D eigenvalue weighted by Gasteiger charge is -2.34. The van der Waals surface area contributed by atoms with Crippen LogP contribution in [0.5, 0.6) is 5.75 Å². The van der Waals surface area contributed by atoms with Crippen LogP contribution < -0.4 is 4.74 Å². The molecule has 5 nitrogen and oxygen atoms in total. The van der Waals surface area contributed by atoms with Gasteiger partial charge in [-0.15, -0.1) is 0 Å². The Morgan fingerprint density at radius 1 is 1.36 bits per heavy atom. The number of nitriles is 1. The molecule has 0 unspecified atom stereocenters. The zero-order chi connectivity index (χ0) is 20.6. The zero-order valence-electron chi connectivity index (χ0n) is 16.0. The largest absolute Gasteiger partial charge is 0.492 e. The van der Waals surface area contributed by atoms with Crippen LogP contribution in [-0.4, -0.2) is 61.2 Å². The Morgan fingerprint density at radius 2 is 2.07 bits per heavy atom. The SMILES string of the molecule is CCN(CC(F)(F)F)C(=O)[C@H]1CCCN(CCOc2ccc(CC#N)cc2)C1. The average molecular weight is 397 g/mol. The van der Waals surface area contributed by atoms with Gasteiger partial charge in [0, 0.05) is 19.6 Å². The molecule has 0 aromatic heterocycles. The molecule has 0 saturated carbocycles. The topological polar surface area (TPSA) is 56.6 Å². The van der Waals surface area contributed by atoms with Gasteiger partial charge in [0.25, 0.3) is 0 Å². The fourth-order valence-electron chi connectivity index (χ4n) is 3.37. The minimum absolute atomic E-state index is 0.0553. The summed E-state index contributed by atoms with van der Waals surface area (Å²) in [6.07, 6.45) is -2.63. The van der Waals surface area contributed by atoms with Crippen molar-refractivity contribution in [2.75, 3.05) is 39.3 Å². The highest BCUT2D eigenvalue weighted by atomic mass is 19.4. The second kappa shape index (κ2) is 10.3. The number of alkyl halides is 3. The lowest BCUT2D eigenvalue weighted by atomic mass is 9.96. The van der Waals surface area contributed by atoms with Crippen molar-refractivity contribution in [3.05, 3.63) is 29.8 Å². The van der Waals surface area contributed by atoms with Crippen molar-refractivity contribution in [3.63, 3.8) is 0 Å². The van der Waals surface area contributed by atoms with E-state index in [1.165, 1.54) is 0 Å². The monoisotopic (exact) mass is 397 g/mol. The molecule has 1 aliphatic heterocycles. The minimum atomic E-state index is -4.38. The van der Waals surface area contributed by atoms with Crippen molar-refractivity contribution in [2.45, 2.75) is 32.4 Å². The number of carbonyl (C=O) groups is 1. The first-order valence-corrected chi connectivity index (χ1v) is 9.49. The maximum atomic E-state index is 12.7. The first-order chi connectivity index (χ1) is 13.3. The number of hydrogen-bond acceptors (Lipinski definition) is 4. The summed E-state index contributed by atoms with van der Waals surface area (Å²) < 4.78 is 43.7. The van der Waals surface area contributed by atoms with E-state index in [1.54, 1.807) is 6.92 Å². The summed E-state index contributed by atoms with van der Waals surface area (Å²) in [5.74, 6) is -0.117. The number of rotatable bonds is 8. The first kappa shape index (κ1) is 22.0. The number of benzene rings is 1. The fraction of sp³-hybridized carbons (Fsp3) is 0.600. The third-order valence-corrected chi connectivity index (χ3v) is 4.80. The Hall–Kier alpha value is -2.27. The number of piperidine rings is 1. The second-order valence-electron chi connectivity index (χ2n) is 6.93. The molecule has 28 heavy (non-hydrogen) atoms. The molecule has 154 valence electrons. The molecule has 8 heteroatoms. The van der Waals surface area contributed by atoms with Crippen molar-refractivity contribution in [1.82, 2.24) is 9.80 Å². The molecule has 0 N–H and O–H groups in total. The lowest BCUT2D eigenvalue weighted by molar-refractivity contribution is -0.164. The van der Waals surface area contributed by atoms with E-state index >= 15 is 0 Å². The van der Waals surface area contributed by atoms with Gasteiger partial charge < -0.3 is 9.64 Å². The summed E-state index contributed by atoms with van der Waals surface area (Å²) in [4.78, 5) is 15.4. The van der Waals surface area contributed by atoms with Crippen LogP contribution in [0.2, 0.25) is 0 Å². The molecule has 1 aromatic rings. The van der Waals surface area contributed by atoms with Crippen LogP contribution in [0.4, 0.5) is 13.2 Å². The van der Waals surface area contributed by atoms with Crippen molar-refractivity contribution >= 4 is 5.91 Å². The van der Waals surface area contributed by atoms with Gasteiger partial charge in [0.05, 0.1) is 18.4 Å². The molecule has 0 aliphatic carbocycles. The minimum Gasteiger partial charge on any atom is -0.492 e. The number of likely N-dealkylation sites (tertiary alicyclic amines) is 1. The van der Waals surface area contributed by atoms with Gasteiger partial charge in [-0.3, -0.25) is 9.69 Å². The fourth-order valence-corrected chi connectivity index (χ4v) is 3.37. The van der Waals surface area contributed by atoms with Gasteiger partial charge in [-0.1, -0.05) is 12.1 Å². The third kappa shape index (κ3) is 7.04. The second-order valence-corrected chi connectivity index (χ2v) is 6.93. The first-order valence-electron chi connectivity index (χ1n) is 9.49. The highest BCUT2D eigenvalue weighted by Crippen LogP contribution is 2.22. The Labute approximate surface area is 163 Å². The van der Waals surface area contributed by atoms with Crippen LogP contribution in [0.3, 0.4) is 0 Å². The van der Waals surface area contributed by atoms with Gasteiger partial charge >= 0.3 is 6.18 Å². The van der Waals surface area contributed by atoms with E-state index in [0.717, 1.165) is 23.4 Å². The van der Waals surface area contributed by atoms with Crippen LogP contribution in [0, 0.1) is 17.2 Å². The molecule has 0 radical (unpaired) electrons. The third-order valence-electron chi connectivity index (χ3n) is 4.80. The Kier molecular flexibility index (Phi) is 8.12. The van der Waals surface area contributed by atoms with Gasteiger partial charge in [-0.2, -0.15) is 18.4 Å². The van der Waals surface area contributed by atoms with Gasteiger partial charge in [-0.25, -0.2) is 0 Å². The predicted octanol–water partition coefficient (Wildman–Crippen LogP) is 3.25. The number of ether oxygens (including phenoxy) is 1. The van der Waals surface area contributed by atoms with Crippen LogP contribution in [0.15, 0.2) is 24.3 Å². The van der Waals surface area contributed by atoms with E-state index in [9.17, 15) is 18.0 Å². The highest BCUT2D eigenvalue weighted by molar-refractivity contribution is 5.79. The van der Waals surface area contributed by atoms with Gasteiger partial charge in [0.1, 0.15) is 18.9 Å². The predicted molar refractivity (Wildman–Crippen MR) is 98.7 cm³/mol. The van der Waals surface area contributed by atoms with E-state index in [0.29, 0.717) is 38.3 Å². The van der Waals surface area contributed by atoms with Gasteiger partial charge in [0.2, 0.25) is 5.91 Å². The summed E-state index contributed by atoms with van der Waals surface area (Å²) in [6, 6.07) is 9.39. The number of halogens is 3. The van der Waals surface area contributed by atoms with Crippen LogP contribution in [0.25, 0.3) is 0 Å². The molecule has 1 saturated heterocycles. The van der Waals surface area contributed by atoms with Crippen molar-refractivity contribution in [1.29, 1.82) is 5.26 Å². The highest BCUT2D eigenvalue weighted by Gasteiger charge is 2.35. The van der Waals surface area contributed by atoms with Crippen LogP contribution in [-0.2, 0) is 11.2 Å². The van der Waals surface area contributed by atoms with E-state index in [4.69, 9.17) is 10.00 Å². The average Bonchev–Trinajstić information content (AvgIpc) is 2.67. The summed E-state index contributed by atoms with van der Waals surface area (Å²) in [5.41, 5.74) is 0.923. The van der Waals surface area contributed by atoms with E-state index < -0.39 is 24.5 Å². The van der Waals surface area contributed by atoms with Crippen molar-refractivity contribution in [3.8, 4) is 11.8 Å². The molecule has 1 heterocycles. The van der Waals surface area contributed by atoms with Gasteiger partial charge in [0.15, 0.2) is 0 Å². The molecular formula is C20H26F3N3O2. The van der Waals surface area contributed by atoms with Crippen molar-refractivity contribution < 1.29 is 22.7 Å². The number of amides is 1.